The number of carbonyl (C=O) groups is 1. The molecule has 0 unspecified atom stereocenters. The Labute approximate surface area is 114 Å². The molecule has 5 nitrogen and oxygen atoms in total. The van der Waals surface area contributed by atoms with Crippen LogP contribution in [0.5, 0.6) is 0 Å². The zero-order chi connectivity index (χ0) is 13.8. The van der Waals surface area contributed by atoms with Crippen LogP contribution in [-0.2, 0) is 6.54 Å². The summed E-state index contributed by atoms with van der Waals surface area (Å²) < 4.78 is 5.23. The van der Waals surface area contributed by atoms with E-state index in [2.05, 4.69) is 24.2 Å². The zero-order valence-corrected chi connectivity index (χ0v) is 11.7. The molecular formula is C14H23N3O2. The van der Waals surface area contributed by atoms with Gasteiger partial charge in [0, 0.05) is 18.2 Å². The highest BCUT2D eigenvalue weighted by molar-refractivity contribution is 5.92. The first-order chi connectivity index (χ1) is 9.11. The van der Waals surface area contributed by atoms with Crippen molar-refractivity contribution in [2.24, 2.45) is 11.8 Å². The topological polar surface area (TPSA) is 71.5 Å². The minimum Gasteiger partial charge on any atom is -0.459 e. The fourth-order valence-corrected chi connectivity index (χ4v) is 2.20. The third kappa shape index (κ3) is 3.81. The van der Waals surface area contributed by atoms with E-state index in [0.29, 0.717) is 17.7 Å². The highest BCUT2D eigenvalue weighted by Gasteiger charge is 2.30. The van der Waals surface area contributed by atoms with Crippen molar-refractivity contribution in [3.05, 3.63) is 23.7 Å². The number of nitrogens with two attached hydrogens (primary N) is 1. The van der Waals surface area contributed by atoms with E-state index >= 15 is 0 Å². The Morgan fingerprint density at radius 1 is 1.58 bits per heavy atom. The molecular weight excluding hydrogens is 242 g/mol. The van der Waals surface area contributed by atoms with Crippen molar-refractivity contribution in [1.29, 1.82) is 0 Å². The van der Waals surface area contributed by atoms with Crippen molar-refractivity contribution in [1.82, 2.24) is 10.3 Å². The largest absolute Gasteiger partial charge is 0.459 e. The van der Waals surface area contributed by atoms with Gasteiger partial charge in [-0.3, -0.25) is 15.1 Å². The van der Waals surface area contributed by atoms with Crippen molar-refractivity contribution >= 4 is 5.91 Å². The summed E-state index contributed by atoms with van der Waals surface area (Å²) in [5.41, 5.74) is 3.04. The second kappa shape index (κ2) is 6.21. The van der Waals surface area contributed by atoms with Crippen LogP contribution in [-0.4, -0.2) is 23.4 Å². The number of nitrogens with zero attached hydrogens (tertiary/aromatic N) is 1. The smallest absolute Gasteiger partial charge is 0.301 e. The second-order valence-corrected chi connectivity index (χ2v) is 5.63. The lowest BCUT2D eigenvalue weighted by atomic mass is 10.1. The van der Waals surface area contributed by atoms with Gasteiger partial charge in [-0.1, -0.05) is 13.8 Å². The van der Waals surface area contributed by atoms with Gasteiger partial charge in [-0.25, -0.2) is 5.84 Å². The summed E-state index contributed by atoms with van der Waals surface area (Å²) in [7, 11) is 0. The molecule has 0 atom stereocenters. The maximum atomic E-state index is 11.6. The molecule has 106 valence electrons. The number of nitrogen functional groups attached to an aromatic ring is 1. The lowest BCUT2D eigenvalue weighted by Gasteiger charge is -2.22. The molecule has 1 saturated carbocycles. The summed E-state index contributed by atoms with van der Waals surface area (Å²) >= 11 is 0. The molecule has 0 radical (unpaired) electrons. The van der Waals surface area contributed by atoms with E-state index in [1.54, 1.807) is 6.26 Å². The van der Waals surface area contributed by atoms with Gasteiger partial charge in [0.25, 0.3) is 0 Å². The molecule has 0 aromatic carbocycles. The molecule has 0 saturated heterocycles. The summed E-state index contributed by atoms with van der Waals surface area (Å²) in [6.45, 7) is 6.29. The molecule has 0 bridgehead atoms. The number of amides is 1. The average molecular weight is 265 g/mol. The van der Waals surface area contributed by atoms with Gasteiger partial charge in [0.15, 0.2) is 5.76 Å². The van der Waals surface area contributed by atoms with Crippen LogP contribution in [0.2, 0.25) is 0 Å². The van der Waals surface area contributed by atoms with Gasteiger partial charge < -0.3 is 4.42 Å². The molecule has 2 rings (SSSR count). The predicted octanol–water partition coefficient (Wildman–Crippen LogP) is 1.89. The van der Waals surface area contributed by atoms with Crippen molar-refractivity contribution in [2.45, 2.75) is 45.7 Å². The Hall–Kier alpha value is -1.33. The first kappa shape index (κ1) is 14.1. The quantitative estimate of drug-likeness (QED) is 0.449. The molecule has 0 aliphatic heterocycles. The lowest BCUT2D eigenvalue weighted by molar-refractivity contribution is 0.0922. The molecule has 1 fully saturated rings. The van der Waals surface area contributed by atoms with Crippen LogP contribution in [0.15, 0.2) is 16.7 Å². The van der Waals surface area contributed by atoms with E-state index in [0.717, 1.165) is 18.7 Å². The first-order valence-corrected chi connectivity index (χ1v) is 6.93. The Kier molecular flexibility index (Phi) is 4.61. The molecule has 0 spiro atoms. The van der Waals surface area contributed by atoms with E-state index in [4.69, 9.17) is 10.3 Å². The summed E-state index contributed by atoms with van der Waals surface area (Å²) in [6, 6.07) is 2.53. The maximum Gasteiger partial charge on any atom is 0.301 e. The normalized spacial score (nSPS) is 15.2. The summed E-state index contributed by atoms with van der Waals surface area (Å²) in [4.78, 5) is 14.0. The minimum absolute atomic E-state index is 0.331. The zero-order valence-electron chi connectivity index (χ0n) is 11.7. The summed E-state index contributed by atoms with van der Waals surface area (Å²) in [6.07, 6.45) is 5.24. The first-order valence-electron chi connectivity index (χ1n) is 6.93. The van der Waals surface area contributed by atoms with Crippen LogP contribution < -0.4 is 11.3 Å². The van der Waals surface area contributed by atoms with Gasteiger partial charge in [-0.2, -0.15) is 0 Å². The molecule has 1 aliphatic rings. The Balaban J connectivity index is 2.00. The number of rotatable bonds is 7. The fraction of sp³-hybridized carbons (Fsp3) is 0.643. The van der Waals surface area contributed by atoms with E-state index in [9.17, 15) is 4.79 Å². The number of nitrogens with one attached hydrogen (secondary N) is 1. The van der Waals surface area contributed by atoms with E-state index in [-0.39, 0.29) is 5.91 Å². The van der Waals surface area contributed by atoms with Gasteiger partial charge >= 0.3 is 5.91 Å². The second-order valence-electron chi connectivity index (χ2n) is 5.63. The van der Waals surface area contributed by atoms with E-state index < -0.39 is 0 Å². The SMILES string of the molecule is CC(C)CCN(Cc1ccoc1C(=O)NN)C1CC1. The molecule has 1 aromatic heterocycles. The molecule has 1 heterocycles. The minimum atomic E-state index is -0.361. The predicted molar refractivity (Wildman–Crippen MR) is 73.2 cm³/mol. The Bertz CT molecular complexity index is 424. The van der Waals surface area contributed by atoms with E-state index in [1.165, 1.54) is 19.3 Å². The highest BCUT2D eigenvalue weighted by atomic mass is 16.3. The van der Waals surface area contributed by atoms with Gasteiger partial charge in [0.2, 0.25) is 0 Å². The Morgan fingerprint density at radius 3 is 2.89 bits per heavy atom. The van der Waals surface area contributed by atoms with Crippen molar-refractivity contribution < 1.29 is 9.21 Å². The molecule has 1 aromatic rings. The van der Waals surface area contributed by atoms with Crippen LogP contribution in [0.4, 0.5) is 0 Å². The monoisotopic (exact) mass is 265 g/mol. The molecule has 3 N–H and O–H groups in total. The molecule has 5 heteroatoms. The third-order valence-electron chi connectivity index (χ3n) is 3.51. The summed E-state index contributed by atoms with van der Waals surface area (Å²) in [5, 5.41) is 0. The summed E-state index contributed by atoms with van der Waals surface area (Å²) in [5.74, 6) is 5.82. The number of hydrogen-bond acceptors (Lipinski definition) is 4. The van der Waals surface area contributed by atoms with Gasteiger partial charge in [0.05, 0.1) is 6.26 Å². The van der Waals surface area contributed by atoms with Crippen LogP contribution in [0.3, 0.4) is 0 Å². The number of carbonyl (C=O) groups excluding carboxylic acids is 1. The van der Waals surface area contributed by atoms with Crippen LogP contribution >= 0.6 is 0 Å². The third-order valence-corrected chi connectivity index (χ3v) is 3.51. The number of hydrazine groups is 1. The number of furan rings is 1. The van der Waals surface area contributed by atoms with E-state index in [1.807, 2.05) is 6.07 Å². The van der Waals surface area contributed by atoms with Crippen molar-refractivity contribution in [3.8, 4) is 0 Å². The fourth-order valence-electron chi connectivity index (χ4n) is 2.20. The highest BCUT2D eigenvalue weighted by Crippen LogP contribution is 2.29. The van der Waals surface area contributed by atoms with Crippen molar-refractivity contribution in [2.75, 3.05) is 6.54 Å². The van der Waals surface area contributed by atoms with Gasteiger partial charge in [-0.05, 0) is 37.8 Å². The molecule has 1 amide bonds. The Morgan fingerprint density at radius 2 is 2.32 bits per heavy atom. The molecule has 19 heavy (non-hydrogen) atoms. The number of hydrogen-bond donors (Lipinski definition) is 2. The average Bonchev–Trinajstić information content (AvgIpc) is 3.13. The van der Waals surface area contributed by atoms with Crippen molar-refractivity contribution in [3.63, 3.8) is 0 Å². The van der Waals surface area contributed by atoms with Crippen LogP contribution in [0.1, 0.15) is 49.2 Å². The molecule has 1 aliphatic carbocycles. The van der Waals surface area contributed by atoms with Gasteiger partial charge in [-0.15, -0.1) is 0 Å². The lowest BCUT2D eigenvalue weighted by Crippen LogP contribution is -2.32. The van der Waals surface area contributed by atoms with Crippen LogP contribution in [0, 0.1) is 5.92 Å². The van der Waals surface area contributed by atoms with Crippen LogP contribution in [0.25, 0.3) is 0 Å². The maximum absolute atomic E-state index is 11.6. The van der Waals surface area contributed by atoms with Gasteiger partial charge in [0.1, 0.15) is 0 Å². The standard InChI is InChI=1S/C14H23N3O2/c1-10(2)5-7-17(12-3-4-12)9-11-6-8-19-13(11)14(18)16-15/h6,8,10,12H,3-5,7,9,15H2,1-2H3,(H,16,18).